The third kappa shape index (κ3) is 3.47. The van der Waals surface area contributed by atoms with E-state index in [1.807, 2.05) is 30.3 Å². The maximum absolute atomic E-state index is 11.7. The average Bonchev–Trinajstić information content (AvgIpc) is 2.70. The summed E-state index contributed by atoms with van der Waals surface area (Å²) in [6.45, 7) is 2.10. The summed E-state index contributed by atoms with van der Waals surface area (Å²) >= 11 is 3.44. The van der Waals surface area contributed by atoms with Crippen LogP contribution in [-0.4, -0.2) is 5.97 Å². The van der Waals surface area contributed by atoms with Gasteiger partial charge in [0.05, 0.1) is 10.1 Å². The molecule has 0 spiro atoms. The molecule has 0 unspecified atom stereocenters. The first kappa shape index (κ1) is 13.9. The van der Waals surface area contributed by atoms with Crippen LogP contribution in [-0.2, 0) is 9.53 Å². The van der Waals surface area contributed by atoms with Crippen LogP contribution in [0.4, 0.5) is 5.69 Å². The molecular weight excluding hydrogens is 306 g/mol. The number of rotatable bonds is 5. The monoisotopic (exact) mass is 321 g/mol. The number of carbonyl (C=O) groups is 1. The number of halogens is 1. The molecule has 1 aliphatic heterocycles. The number of anilines is 1. The zero-order valence-corrected chi connectivity index (χ0v) is 12.4. The van der Waals surface area contributed by atoms with Gasteiger partial charge in [-0.05, 0) is 40.9 Å². The van der Waals surface area contributed by atoms with Crippen molar-refractivity contribution in [2.24, 2.45) is 0 Å². The number of benzene rings is 1. The third-order valence-electron chi connectivity index (χ3n) is 2.85. The summed E-state index contributed by atoms with van der Waals surface area (Å²) in [6, 6.07) is 9.73. The number of para-hydroxylation sites is 1. The molecule has 19 heavy (non-hydrogen) atoms. The molecule has 4 heteroatoms. The molecule has 0 saturated heterocycles. The lowest BCUT2D eigenvalue weighted by Gasteiger charge is -2.01. The van der Waals surface area contributed by atoms with E-state index in [-0.39, 0.29) is 5.97 Å². The molecule has 2 rings (SSSR count). The van der Waals surface area contributed by atoms with Gasteiger partial charge in [-0.1, -0.05) is 31.5 Å². The van der Waals surface area contributed by atoms with Gasteiger partial charge >= 0.3 is 5.97 Å². The van der Waals surface area contributed by atoms with Gasteiger partial charge in [-0.3, -0.25) is 0 Å². The van der Waals surface area contributed by atoms with Crippen LogP contribution in [0.15, 0.2) is 52.3 Å². The minimum Gasteiger partial charge on any atom is -0.420 e. The van der Waals surface area contributed by atoms with E-state index in [4.69, 9.17) is 4.74 Å². The van der Waals surface area contributed by atoms with Crippen LogP contribution in [0, 0.1) is 0 Å². The number of carbonyl (C=O) groups excluding carboxylic acids is 1. The van der Waals surface area contributed by atoms with Gasteiger partial charge in [0.2, 0.25) is 0 Å². The summed E-state index contributed by atoms with van der Waals surface area (Å²) < 4.78 is 6.00. The normalized spacial score (nSPS) is 16.9. The summed E-state index contributed by atoms with van der Waals surface area (Å²) in [6.07, 6.45) is 4.49. The van der Waals surface area contributed by atoms with E-state index in [0.717, 1.165) is 35.0 Å². The highest BCUT2D eigenvalue weighted by molar-refractivity contribution is 9.12. The fourth-order valence-corrected chi connectivity index (χ4v) is 2.34. The first-order valence-corrected chi connectivity index (χ1v) is 7.14. The highest BCUT2D eigenvalue weighted by Crippen LogP contribution is 2.33. The van der Waals surface area contributed by atoms with Crippen molar-refractivity contribution in [3.63, 3.8) is 0 Å². The van der Waals surface area contributed by atoms with Gasteiger partial charge in [-0.15, -0.1) is 0 Å². The van der Waals surface area contributed by atoms with Crippen LogP contribution in [0.1, 0.15) is 26.2 Å². The highest BCUT2D eigenvalue weighted by atomic mass is 79.9. The van der Waals surface area contributed by atoms with Crippen molar-refractivity contribution in [1.29, 1.82) is 0 Å². The van der Waals surface area contributed by atoms with Gasteiger partial charge in [-0.25, -0.2) is 4.79 Å². The van der Waals surface area contributed by atoms with Gasteiger partial charge in [0, 0.05) is 11.9 Å². The summed E-state index contributed by atoms with van der Waals surface area (Å²) in [7, 11) is 0. The quantitative estimate of drug-likeness (QED) is 0.820. The highest BCUT2D eigenvalue weighted by Gasteiger charge is 2.27. The largest absolute Gasteiger partial charge is 0.420 e. The Bertz CT molecular complexity index is 520. The summed E-state index contributed by atoms with van der Waals surface area (Å²) in [5.74, 6) is 0.293. The molecule has 0 amide bonds. The second kappa shape index (κ2) is 6.57. The molecule has 1 aromatic rings. The van der Waals surface area contributed by atoms with Crippen molar-refractivity contribution in [1.82, 2.24) is 0 Å². The third-order valence-corrected chi connectivity index (χ3v) is 3.72. The second-order valence-electron chi connectivity index (χ2n) is 4.30. The van der Waals surface area contributed by atoms with Crippen molar-refractivity contribution in [2.45, 2.75) is 26.2 Å². The molecule has 100 valence electrons. The number of ether oxygens (including phenoxy) is 1. The van der Waals surface area contributed by atoms with Crippen LogP contribution in [0.2, 0.25) is 0 Å². The van der Waals surface area contributed by atoms with Crippen LogP contribution in [0.3, 0.4) is 0 Å². The van der Waals surface area contributed by atoms with Crippen molar-refractivity contribution in [3.05, 3.63) is 52.3 Å². The Labute approximate surface area is 121 Å². The molecule has 3 nitrogen and oxygen atoms in total. The average molecular weight is 322 g/mol. The van der Waals surface area contributed by atoms with E-state index in [0.29, 0.717) is 5.76 Å². The predicted molar refractivity (Wildman–Crippen MR) is 79.7 cm³/mol. The van der Waals surface area contributed by atoms with E-state index in [2.05, 4.69) is 28.2 Å². The van der Waals surface area contributed by atoms with Crippen molar-refractivity contribution < 1.29 is 9.53 Å². The Morgan fingerprint density at radius 3 is 2.74 bits per heavy atom. The molecule has 0 radical (unpaired) electrons. The lowest BCUT2D eigenvalue weighted by Crippen LogP contribution is -1.99. The SMILES string of the molecule is CCCCC1=C(Br)/C(=C\Nc2ccccc2)OC1=O. The number of esters is 1. The van der Waals surface area contributed by atoms with Crippen molar-refractivity contribution in [2.75, 3.05) is 5.32 Å². The molecule has 1 N–H and O–H groups in total. The summed E-state index contributed by atoms with van der Waals surface area (Å²) in [4.78, 5) is 11.7. The topological polar surface area (TPSA) is 38.3 Å². The number of allylic oxidation sites excluding steroid dienone is 1. The van der Waals surface area contributed by atoms with Gasteiger partial charge in [0.15, 0.2) is 5.76 Å². The number of nitrogens with one attached hydrogen (secondary N) is 1. The lowest BCUT2D eigenvalue weighted by molar-refractivity contribution is -0.133. The molecule has 0 aliphatic carbocycles. The molecular formula is C15H16BrNO2. The Hall–Kier alpha value is -1.55. The zero-order valence-electron chi connectivity index (χ0n) is 10.8. The fourth-order valence-electron chi connectivity index (χ4n) is 1.79. The molecule has 0 atom stereocenters. The smallest absolute Gasteiger partial charge is 0.340 e. The molecule has 1 heterocycles. The molecule has 1 aromatic carbocycles. The van der Waals surface area contributed by atoms with Gasteiger partial charge in [0.1, 0.15) is 0 Å². The van der Waals surface area contributed by atoms with Crippen molar-refractivity contribution in [3.8, 4) is 0 Å². The van der Waals surface area contributed by atoms with Crippen LogP contribution in [0.5, 0.6) is 0 Å². The standard InChI is InChI=1S/C15H16BrNO2/c1-2-3-9-12-14(16)13(19-15(12)18)10-17-11-7-5-4-6-8-11/h4-8,10,17H,2-3,9H2,1H3/b13-10+. The Morgan fingerprint density at radius 2 is 2.05 bits per heavy atom. The molecule has 1 aliphatic rings. The Balaban J connectivity index is 2.09. The van der Waals surface area contributed by atoms with Crippen molar-refractivity contribution >= 4 is 27.6 Å². The van der Waals surface area contributed by atoms with Gasteiger partial charge in [0.25, 0.3) is 0 Å². The van der Waals surface area contributed by atoms with E-state index >= 15 is 0 Å². The van der Waals surface area contributed by atoms with Gasteiger partial charge in [-0.2, -0.15) is 0 Å². The lowest BCUT2D eigenvalue weighted by atomic mass is 10.1. The van der Waals surface area contributed by atoms with E-state index in [9.17, 15) is 4.79 Å². The summed E-state index contributed by atoms with van der Waals surface area (Å²) in [5.41, 5.74) is 1.68. The predicted octanol–water partition coefficient (Wildman–Crippen LogP) is 4.34. The van der Waals surface area contributed by atoms with E-state index in [1.165, 1.54) is 0 Å². The Kier molecular flexibility index (Phi) is 4.80. The Morgan fingerprint density at radius 1 is 1.32 bits per heavy atom. The molecule has 0 bridgehead atoms. The summed E-state index contributed by atoms with van der Waals surface area (Å²) in [5, 5.41) is 3.11. The number of hydrogen-bond acceptors (Lipinski definition) is 3. The van der Waals surface area contributed by atoms with Gasteiger partial charge < -0.3 is 10.1 Å². The van der Waals surface area contributed by atoms with Crippen LogP contribution in [0.25, 0.3) is 0 Å². The number of cyclic esters (lactones) is 1. The second-order valence-corrected chi connectivity index (χ2v) is 5.10. The maximum Gasteiger partial charge on any atom is 0.340 e. The first-order valence-electron chi connectivity index (χ1n) is 6.35. The first-order chi connectivity index (χ1) is 9.22. The number of hydrogen-bond donors (Lipinski definition) is 1. The van der Waals surface area contributed by atoms with Crippen LogP contribution < -0.4 is 5.32 Å². The minimum absolute atomic E-state index is 0.249. The molecule has 0 aromatic heterocycles. The van der Waals surface area contributed by atoms with Crippen LogP contribution >= 0.6 is 15.9 Å². The number of unbranched alkanes of at least 4 members (excludes halogenated alkanes) is 1. The molecule has 0 fully saturated rings. The maximum atomic E-state index is 11.7. The van der Waals surface area contributed by atoms with E-state index in [1.54, 1.807) is 6.20 Å². The minimum atomic E-state index is -0.249. The zero-order chi connectivity index (χ0) is 13.7. The van der Waals surface area contributed by atoms with E-state index < -0.39 is 0 Å². The fraction of sp³-hybridized carbons (Fsp3) is 0.267. The molecule has 0 saturated carbocycles.